The number of fused-ring (bicyclic) bond motifs is 1. The maximum atomic E-state index is 13.7. The number of imide groups is 1. The average Bonchev–Trinajstić information content (AvgIpc) is 3.68. The zero-order valence-electron chi connectivity index (χ0n) is 40.1. The van der Waals surface area contributed by atoms with Crippen LogP contribution in [0, 0.1) is 23.7 Å². The number of alkyl halides is 3. The van der Waals surface area contributed by atoms with E-state index in [1.54, 1.807) is 49.7 Å². The fourth-order valence-electron chi connectivity index (χ4n) is 9.46. The lowest BCUT2D eigenvalue weighted by Crippen LogP contribution is -2.53. The fourth-order valence-corrected chi connectivity index (χ4v) is 10.9. The number of piperidine rings is 2. The summed E-state index contributed by atoms with van der Waals surface area (Å²) in [5.41, 5.74) is 3.55. The average molecular weight is 1070 g/mol. The van der Waals surface area contributed by atoms with Gasteiger partial charge in [0, 0.05) is 93.4 Å². The molecule has 3 aromatic carbocycles. The molecule has 3 saturated heterocycles. The van der Waals surface area contributed by atoms with Crippen molar-refractivity contribution in [2.75, 3.05) is 86.6 Å². The molecule has 4 amide bonds. The van der Waals surface area contributed by atoms with E-state index in [1.165, 1.54) is 30.2 Å². The van der Waals surface area contributed by atoms with Crippen LogP contribution >= 0.6 is 23.1 Å². The summed E-state index contributed by atoms with van der Waals surface area (Å²) in [5, 5.41) is 12.0. The molecule has 4 N–H and O–H groups in total. The molecular weight excluding hydrogens is 1020 g/mol. The zero-order valence-corrected chi connectivity index (χ0v) is 42.6. The Balaban J connectivity index is 0.887. The topological polar surface area (TPSA) is 181 Å². The van der Waals surface area contributed by atoms with Crippen molar-refractivity contribution in [3.05, 3.63) is 82.0 Å². The van der Waals surface area contributed by atoms with Crippen LogP contribution < -0.4 is 36.2 Å². The van der Waals surface area contributed by atoms with Gasteiger partial charge in [0.05, 0.1) is 27.2 Å². The van der Waals surface area contributed by atoms with Crippen LogP contribution in [0.3, 0.4) is 0 Å². The minimum absolute atomic E-state index is 0.00692. The number of rotatable bonds is 14. The second-order valence-corrected chi connectivity index (χ2v) is 22.4. The van der Waals surface area contributed by atoms with Crippen LogP contribution in [0.15, 0.2) is 65.3 Å². The molecule has 4 aliphatic rings. The molecule has 4 aliphatic heterocycles. The molecule has 21 heteroatoms. The third-order valence-electron chi connectivity index (χ3n) is 13.0. The predicted octanol–water partition coefficient (Wildman–Crippen LogP) is 7.06. The van der Waals surface area contributed by atoms with Crippen LogP contribution in [0.5, 0.6) is 5.75 Å². The first-order chi connectivity index (χ1) is 34.4. The monoisotopic (exact) mass is 1070 g/mol. The molecule has 0 spiro atoms. The molecule has 1 aromatic heterocycles. The van der Waals surface area contributed by atoms with Gasteiger partial charge in [-0.1, -0.05) is 36.0 Å². The minimum atomic E-state index is -4.65. The summed E-state index contributed by atoms with van der Waals surface area (Å²) in [5.74, 6) is 10.2. The van der Waals surface area contributed by atoms with Crippen molar-refractivity contribution in [3.63, 3.8) is 0 Å². The molecule has 5 heterocycles. The number of piperazine rings is 1. The Hall–Kier alpha value is -6.44. The standard InChI is InChI=1S/C51H55BrF3N10O6P/c1-4-11-45(66)57-39-28-40(59-50-56-30-37(52)47(61-50)58-38-15-7-8-16-44(38)72(2,3)70)43(71-32-51(53,54)55)29-42(39)64-22-19-34(20-23-64)63-26-24-62(25-27-63)21-9-5-6-12-33-13-10-14-35-36(33)31-65(49(35)69)41-17-18-46(67)60-48(41)68/h7-8,10,13-16,28-30,34,41H,5,9,17-27,31-32H2,1-3H3,(H,57,66)(H,60,67,68)(H2,56,58,59,61). The van der Waals surface area contributed by atoms with Gasteiger partial charge in [-0.3, -0.25) is 29.4 Å². The molecule has 16 nitrogen and oxygen atoms in total. The highest BCUT2D eigenvalue weighted by Crippen LogP contribution is 2.42. The van der Waals surface area contributed by atoms with Crippen molar-refractivity contribution in [1.82, 2.24) is 30.0 Å². The van der Waals surface area contributed by atoms with E-state index in [2.05, 4.69) is 80.6 Å². The molecule has 378 valence electrons. The van der Waals surface area contributed by atoms with E-state index < -0.39 is 37.8 Å². The van der Waals surface area contributed by atoms with Gasteiger partial charge in [0.2, 0.25) is 17.8 Å². The van der Waals surface area contributed by atoms with Crippen LogP contribution in [-0.4, -0.2) is 132 Å². The molecular formula is C51H55BrF3N10O6P. The number of halogens is 4. The van der Waals surface area contributed by atoms with E-state index in [4.69, 9.17) is 4.74 Å². The fraction of sp³-hybridized carbons (Fsp3) is 0.412. The van der Waals surface area contributed by atoms with E-state index in [1.807, 2.05) is 11.0 Å². The first-order valence-electron chi connectivity index (χ1n) is 23.7. The Labute approximate surface area is 424 Å². The van der Waals surface area contributed by atoms with E-state index >= 15 is 0 Å². The second-order valence-electron chi connectivity index (χ2n) is 18.3. The first kappa shape index (κ1) is 51.9. The summed E-state index contributed by atoms with van der Waals surface area (Å²) < 4.78 is 60.1. The van der Waals surface area contributed by atoms with Crippen LogP contribution in [0.4, 0.5) is 47.7 Å². The van der Waals surface area contributed by atoms with Gasteiger partial charge in [0.1, 0.15) is 24.8 Å². The number of anilines is 6. The number of nitrogens with zero attached hydrogens (tertiary/aromatic N) is 6. The van der Waals surface area contributed by atoms with Gasteiger partial charge in [0.15, 0.2) is 6.61 Å². The van der Waals surface area contributed by atoms with Crippen LogP contribution in [0.25, 0.3) is 0 Å². The van der Waals surface area contributed by atoms with Crippen LogP contribution in [0.1, 0.15) is 66.9 Å². The van der Waals surface area contributed by atoms with Gasteiger partial charge < -0.3 is 40.0 Å². The number of unbranched alkanes of at least 4 members (excludes halogenated alkanes) is 1. The van der Waals surface area contributed by atoms with Crippen molar-refractivity contribution in [3.8, 4) is 29.4 Å². The Kier molecular flexibility index (Phi) is 16.3. The Morgan fingerprint density at radius 3 is 2.44 bits per heavy atom. The highest BCUT2D eigenvalue weighted by molar-refractivity contribution is 9.10. The number of ether oxygens (including phenoxy) is 1. The van der Waals surface area contributed by atoms with E-state index in [0.717, 1.165) is 63.1 Å². The summed E-state index contributed by atoms with van der Waals surface area (Å²) >= 11 is 3.46. The Bertz CT molecular complexity index is 2910. The lowest BCUT2D eigenvalue weighted by molar-refractivity contribution is -0.153. The molecule has 1 unspecified atom stereocenters. The predicted molar refractivity (Wildman–Crippen MR) is 274 cm³/mol. The normalized spacial score (nSPS) is 17.8. The van der Waals surface area contributed by atoms with Gasteiger partial charge >= 0.3 is 6.18 Å². The Morgan fingerprint density at radius 2 is 1.72 bits per heavy atom. The van der Waals surface area contributed by atoms with Crippen molar-refractivity contribution in [2.24, 2.45) is 0 Å². The van der Waals surface area contributed by atoms with Crippen LogP contribution in [-0.2, 0) is 25.5 Å². The summed E-state index contributed by atoms with van der Waals surface area (Å²) in [7, 11) is -2.69. The second kappa shape index (κ2) is 22.5. The third-order valence-corrected chi connectivity index (χ3v) is 15.1. The van der Waals surface area contributed by atoms with Crippen molar-refractivity contribution < 1.29 is 41.7 Å². The lowest BCUT2D eigenvalue weighted by Gasteiger charge is -2.43. The molecule has 3 fully saturated rings. The van der Waals surface area contributed by atoms with E-state index in [0.29, 0.717) is 64.2 Å². The molecule has 0 radical (unpaired) electrons. The molecule has 4 aromatic rings. The van der Waals surface area contributed by atoms with Crippen molar-refractivity contribution in [1.29, 1.82) is 0 Å². The summed E-state index contributed by atoms with van der Waals surface area (Å²) in [4.78, 5) is 67.8. The highest BCUT2D eigenvalue weighted by atomic mass is 79.9. The summed E-state index contributed by atoms with van der Waals surface area (Å²) in [6.45, 7) is 9.15. The largest absolute Gasteiger partial charge is 0.482 e. The number of hydrogen-bond acceptors (Lipinski definition) is 13. The molecule has 72 heavy (non-hydrogen) atoms. The number of hydrogen-bond donors (Lipinski definition) is 4. The zero-order chi connectivity index (χ0) is 51.2. The first-order valence-corrected chi connectivity index (χ1v) is 27.1. The molecule has 1 atom stereocenters. The number of para-hydroxylation sites is 1. The summed E-state index contributed by atoms with van der Waals surface area (Å²) in [6.07, 6.45) is 0.444. The maximum absolute atomic E-state index is 13.7. The van der Waals surface area contributed by atoms with Crippen molar-refractivity contribution >= 4 is 86.5 Å². The molecule has 0 aliphatic carbocycles. The number of aromatic nitrogens is 2. The van der Waals surface area contributed by atoms with Gasteiger partial charge in [0.25, 0.3) is 11.8 Å². The Morgan fingerprint density at radius 1 is 0.958 bits per heavy atom. The van der Waals surface area contributed by atoms with Gasteiger partial charge in [-0.15, -0.1) is 0 Å². The maximum Gasteiger partial charge on any atom is 0.422 e. The van der Waals surface area contributed by atoms with Gasteiger partial charge in [-0.25, -0.2) is 4.98 Å². The van der Waals surface area contributed by atoms with Crippen LogP contribution in [0.2, 0.25) is 0 Å². The highest BCUT2D eigenvalue weighted by Gasteiger charge is 2.40. The van der Waals surface area contributed by atoms with Crippen molar-refractivity contribution in [2.45, 2.75) is 70.3 Å². The number of nitrogens with one attached hydrogen (secondary N) is 4. The summed E-state index contributed by atoms with van der Waals surface area (Å²) in [6, 6.07) is 15.2. The molecule has 0 bridgehead atoms. The molecule has 8 rings (SSSR count). The smallest absolute Gasteiger partial charge is 0.422 e. The lowest BCUT2D eigenvalue weighted by atomic mass is 10.0. The minimum Gasteiger partial charge on any atom is -0.482 e. The third kappa shape index (κ3) is 12.8. The quantitative estimate of drug-likeness (QED) is 0.0437. The van der Waals surface area contributed by atoms with Gasteiger partial charge in [-0.05, 0) is 110 Å². The number of amides is 4. The number of carbonyl (C=O) groups is 4. The molecule has 0 saturated carbocycles. The van der Waals surface area contributed by atoms with E-state index in [-0.39, 0.29) is 48.2 Å². The number of benzene rings is 3. The van der Waals surface area contributed by atoms with Gasteiger partial charge in [-0.2, -0.15) is 18.2 Å². The van der Waals surface area contributed by atoms with E-state index in [9.17, 15) is 36.9 Å². The SMILES string of the molecule is CC#CC(=O)Nc1cc(Nc2ncc(Br)c(Nc3ccccc3P(C)(C)=O)n2)c(OCC(F)(F)F)cc1N1CCC(N2CCN(CCCC#Cc3cccc4c3CN(C3CCC(=O)NC3=O)C4=O)CC2)CC1. The number of carbonyl (C=O) groups excluding carboxylic acids is 4.